The SMILES string of the molecule is CCCNC(=O)c1cc2cccc(OC)c2n1C. The van der Waals surface area contributed by atoms with E-state index >= 15 is 0 Å². The number of fused-ring (bicyclic) bond motifs is 1. The topological polar surface area (TPSA) is 43.3 Å². The van der Waals surface area contributed by atoms with Crippen LogP contribution in [0.2, 0.25) is 0 Å². The largest absolute Gasteiger partial charge is 0.495 e. The predicted octanol–water partition coefficient (Wildman–Crippen LogP) is 2.33. The van der Waals surface area contributed by atoms with Crippen molar-refractivity contribution >= 4 is 16.8 Å². The number of nitrogens with zero attached hydrogens (tertiary/aromatic N) is 1. The summed E-state index contributed by atoms with van der Waals surface area (Å²) in [5, 5.41) is 3.90. The lowest BCUT2D eigenvalue weighted by Gasteiger charge is -2.07. The molecule has 96 valence electrons. The summed E-state index contributed by atoms with van der Waals surface area (Å²) in [6, 6.07) is 7.70. The molecule has 0 bridgehead atoms. The summed E-state index contributed by atoms with van der Waals surface area (Å²) in [6.07, 6.45) is 0.930. The van der Waals surface area contributed by atoms with Gasteiger partial charge in [-0.1, -0.05) is 19.1 Å². The zero-order valence-corrected chi connectivity index (χ0v) is 11.0. The Hall–Kier alpha value is -1.97. The fourth-order valence-electron chi connectivity index (χ4n) is 2.09. The van der Waals surface area contributed by atoms with Gasteiger partial charge in [0.2, 0.25) is 0 Å². The fraction of sp³-hybridized carbons (Fsp3) is 0.357. The van der Waals surface area contributed by atoms with Crippen LogP contribution in [0.1, 0.15) is 23.8 Å². The van der Waals surface area contributed by atoms with Crippen molar-refractivity contribution in [1.82, 2.24) is 9.88 Å². The molecular formula is C14H18N2O2. The molecule has 0 saturated carbocycles. The van der Waals surface area contributed by atoms with Crippen molar-refractivity contribution in [3.05, 3.63) is 30.0 Å². The van der Waals surface area contributed by atoms with E-state index in [0.717, 1.165) is 23.1 Å². The molecule has 0 unspecified atom stereocenters. The van der Waals surface area contributed by atoms with E-state index in [1.165, 1.54) is 0 Å². The fourth-order valence-corrected chi connectivity index (χ4v) is 2.09. The summed E-state index contributed by atoms with van der Waals surface area (Å²) in [5.74, 6) is 0.738. The molecule has 4 heteroatoms. The summed E-state index contributed by atoms with van der Waals surface area (Å²) in [4.78, 5) is 12.0. The number of para-hydroxylation sites is 1. The van der Waals surface area contributed by atoms with E-state index in [2.05, 4.69) is 5.32 Å². The Morgan fingerprint density at radius 2 is 2.22 bits per heavy atom. The average molecular weight is 246 g/mol. The highest BCUT2D eigenvalue weighted by atomic mass is 16.5. The van der Waals surface area contributed by atoms with Gasteiger partial charge in [0.25, 0.3) is 5.91 Å². The summed E-state index contributed by atoms with van der Waals surface area (Å²) in [5.41, 5.74) is 1.60. The van der Waals surface area contributed by atoms with Crippen molar-refractivity contribution in [2.45, 2.75) is 13.3 Å². The van der Waals surface area contributed by atoms with Gasteiger partial charge in [0.15, 0.2) is 0 Å². The minimum absolute atomic E-state index is 0.0439. The van der Waals surface area contributed by atoms with Crippen LogP contribution >= 0.6 is 0 Å². The zero-order valence-electron chi connectivity index (χ0n) is 11.0. The maximum absolute atomic E-state index is 12.0. The van der Waals surface area contributed by atoms with Gasteiger partial charge in [-0.2, -0.15) is 0 Å². The molecule has 0 fully saturated rings. The maximum atomic E-state index is 12.0. The number of amides is 1. The molecule has 4 nitrogen and oxygen atoms in total. The summed E-state index contributed by atoms with van der Waals surface area (Å²) >= 11 is 0. The second kappa shape index (κ2) is 5.12. The van der Waals surface area contributed by atoms with Gasteiger partial charge in [0, 0.05) is 19.0 Å². The molecule has 0 saturated heterocycles. The summed E-state index contributed by atoms with van der Waals surface area (Å²) < 4.78 is 7.20. The highest BCUT2D eigenvalue weighted by Gasteiger charge is 2.15. The third kappa shape index (κ3) is 2.06. The quantitative estimate of drug-likeness (QED) is 0.899. The molecule has 0 spiro atoms. The molecule has 0 atom stereocenters. The molecule has 1 N–H and O–H groups in total. The number of hydrogen-bond acceptors (Lipinski definition) is 2. The molecule has 2 aromatic rings. The van der Waals surface area contributed by atoms with E-state index in [1.54, 1.807) is 7.11 Å². The molecule has 18 heavy (non-hydrogen) atoms. The third-order valence-electron chi connectivity index (χ3n) is 3.01. The standard InChI is InChI=1S/C14H18N2O2/c1-4-8-15-14(17)11-9-10-6-5-7-12(18-3)13(10)16(11)2/h5-7,9H,4,8H2,1-3H3,(H,15,17). The van der Waals surface area contributed by atoms with Crippen molar-refractivity contribution in [1.29, 1.82) is 0 Å². The number of carbonyl (C=O) groups is 1. The molecule has 2 rings (SSSR count). The summed E-state index contributed by atoms with van der Waals surface area (Å²) in [7, 11) is 3.52. The van der Waals surface area contributed by atoms with Crippen LogP contribution in [0.3, 0.4) is 0 Å². The van der Waals surface area contributed by atoms with Crippen molar-refractivity contribution in [2.24, 2.45) is 7.05 Å². The molecule has 1 amide bonds. The Balaban J connectivity index is 2.47. The Morgan fingerprint density at radius 1 is 1.44 bits per heavy atom. The Bertz CT molecular complexity index is 572. The number of benzene rings is 1. The minimum atomic E-state index is -0.0439. The van der Waals surface area contributed by atoms with Crippen molar-refractivity contribution < 1.29 is 9.53 Å². The monoisotopic (exact) mass is 246 g/mol. The van der Waals surface area contributed by atoms with Crippen LogP contribution in [0.4, 0.5) is 0 Å². The minimum Gasteiger partial charge on any atom is -0.495 e. The molecule has 0 aliphatic heterocycles. The van der Waals surface area contributed by atoms with Gasteiger partial charge < -0.3 is 14.6 Å². The lowest BCUT2D eigenvalue weighted by atomic mass is 10.2. The highest BCUT2D eigenvalue weighted by Crippen LogP contribution is 2.27. The second-order valence-corrected chi connectivity index (χ2v) is 4.24. The van der Waals surface area contributed by atoms with E-state index in [4.69, 9.17) is 4.74 Å². The first-order chi connectivity index (χ1) is 8.69. The van der Waals surface area contributed by atoms with E-state index < -0.39 is 0 Å². The molecule has 1 aromatic heterocycles. The van der Waals surface area contributed by atoms with E-state index in [9.17, 15) is 4.79 Å². The first-order valence-electron chi connectivity index (χ1n) is 6.09. The zero-order chi connectivity index (χ0) is 13.1. The van der Waals surface area contributed by atoms with Crippen molar-refractivity contribution in [2.75, 3.05) is 13.7 Å². The lowest BCUT2D eigenvalue weighted by molar-refractivity contribution is 0.0946. The maximum Gasteiger partial charge on any atom is 0.267 e. The van der Waals surface area contributed by atoms with Crippen LogP contribution in [-0.2, 0) is 7.05 Å². The van der Waals surface area contributed by atoms with Crippen LogP contribution in [0.5, 0.6) is 5.75 Å². The molecule has 0 aliphatic carbocycles. The highest BCUT2D eigenvalue weighted by molar-refractivity contribution is 6.00. The number of methoxy groups -OCH3 is 1. The van der Waals surface area contributed by atoms with Gasteiger partial charge >= 0.3 is 0 Å². The van der Waals surface area contributed by atoms with E-state index in [1.807, 2.05) is 42.8 Å². The van der Waals surface area contributed by atoms with Crippen molar-refractivity contribution in [3.8, 4) is 5.75 Å². The lowest BCUT2D eigenvalue weighted by Crippen LogP contribution is -2.25. The smallest absolute Gasteiger partial charge is 0.267 e. The van der Waals surface area contributed by atoms with Gasteiger partial charge in [0.1, 0.15) is 11.4 Å². The van der Waals surface area contributed by atoms with Crippen molar-refractivity contribution in [3.63, 3.8) is 0 Å². The normalized spacial score (nSPS) is 10.6. The summed E-state index contributed by atoms with van der Waals surface area (Å²) in [6.45, 7) is 2.72. The van der Waals surface area contributed by atoms with Crippen LogP contribution in [0.25, 0.3) is 10.9 Å². The number of nitrogens with one attached hydrogen (secondary N) is 1. The Morgan fingerprint density at radius 3 is 2.89 bits per heavy atom. The van der Waals surface area contributed by atoms with Crippen LogP contribution in [-0.4, -0.2) is 24.1 Å². The first-order valence-corrected chi connectivity index (χ1v) is 6.09. The van der Waals surface area contributed by atoms with E-state index in [0.29, 0.717) is 12.2 Å². The predicted molar refractivity (Wildman–Crippen MR) is 72.1 cm³/mol. The van der Waals surface area contributed by atoms with Crippen LogP contribution in [0, 0.1) is 0 Å². The molecule has 1 heterocycles. The Kier molecular flexibility index (Phi) is 3.55. The number of ether oxygens (including phenoxy) is 1. The number of hydrogen-bond donors (Lipinski definition) is 1. The molecule has 1 aromatic carbocycles. The molecular weight excluding hydrogens is 228 g/mol. The van der Waals surface area contributed by atoms with E-state index in [-0.39, 0.29) is 5.91 Å². The average Bonchev–Trinajstić information content (AvgIpc) is 2.73. The molecule has 0 aliphatic rings. The van der Waals surface area contributed by atoms with Crippen LogP contribution < -0.4 is 10.1 Å². The van der Waals surface area contributed by atoms with Gasteiger partial charge in [0.05, 0.1) is 12.6 Å². The third-order valence-corrected chi connectivity index (χ3v) is 3.01. The second-order valence-electron chi connectivity index (χ2n) is 4.24. The number of carbonyl (C=O) groups excluding carboxylic acids is 1. The van der Waals surface area contributed by atoms with Gasteiger partial charge in [-0.05, 0) is 18.6 Å². The van der Waals surface area contributed by atoms with Gasteiger partial charge in [-0.25, -0.2) is 0 Å². The van der Waals surface area contributed by atoms with Gasteiger partial charge in [-0.3, -0.25) is 4.79 Å². The number of rotatable bonds is 4. The molecule has 0 radical (unpaired) electrons. The Labute approximate surface area is 107 Å². The van der Waals surface area contributed by atoms with Gasteiger partial charge in [-0.15, -0.1) is 0 Å². The first kappa shape index (κ1) is 12.5. The van der Waals surface area contributed by atoms with Crippen LogP contribution in [0.15, 0.2) is 24.3 Å². The number of aromatic nitrogens is 1. The number of aryl methyl sites for hydroxylation is 1.